The van der Waals surface area contributed by atoms with Crippen molar-refractivity contribution in [2.24, 2.45) is 0 Å². The Kier molecular flexibility index (Phi) is 1.60. The van der Waals surface area contributed by atoms with Gasteiger partial charge in [0.1, 0.15) is 11.3 Å². The topological polar surface area (TPSA) is 28.7 Å². The van der Waals surface area contributed by atoms with Gasteiger partial charge < -0.3 is 4.98 Å². The van der Waals surface area contributed by atoms with Crippen molar-refractivity contribution in [2.45, 2.75) is 6.92 Å². The largest absolute Gasteiger partial charge is 0.342 e. The predicted octanol–water partition coefficient (Wildman–Crippen LogP) is 2.48. The second-order valence-electron chi connectivity index (χ2n) is 2.46. The lowest BCUT2D eigenvalue weighted by Gasteiger charge is -1.88. The molecule has 2 rings (SSSR count). The Labute approximate surface area is 78.2 Å². The Balaban J connectivity index is 2.90. The second kappa shape index (κ2) is 2.48. The highest BCUT2D eigenvalue weighted by molar-refractivity contribution is 14.1. The number of aryl methyl sites for hydroxylation is 1. The Bertz CT molecular complexity index is 392. The van der Waals surface area contributed by atoms with E-state index in [1.165, 1.54) is 3.57 Å². The van der Waals surface area contributed by atoms with E-state index in [1.54, 1.807) is 0 Å². The SMILES string of the molecule is Cc1nc2c(I)cccc2[nH]1. The smallest absolute Gasteiger partial charge is 0.104 e. The molecule has 1 heterocycles. The van der Waals surface area contributed by atoms with E-state index in [2.05, 4.69) is 38.6 Å². The van der Waals surface area contributed by atoms with Crippen LogP contribution in [0.15, 0.2) is 18.2 Å². The highest BCUT2D eigenvalue weighted by Gasteiger charge is 2.00. The molecule has 0 aliphatic rings. The number of aromatic nitrogens is 2. The van der Waals surface area contributed by atoms with Gasteiger partial charge in [0.15, 0.2) is 0 Å². The molecule has 0 saturated heterocycles. The van der Waals surface area contributed by atoms with Crippen LogP contribution in [0.1, 0.15) is 5.82 Å². The Morgan fingerprint density at radius 3 is 3.00 bits per heavy atom. The van der Waals surface area contributed by atoms with Gasteiger partial charge in [-0.1, -0.05) is 6.07 Å². The van der Waals surface area contributed by atoms with E-state index in [-0.39, 0.29) is 0 Å². The molecular weight excluding hydrogens is 251 g/mol. The van der Waals surface area contributed by atoms with Crippen LogP contribution < -0.4 is 0 Å². The van der Waals surface area contributed by atoms with Gasteiger partial charge in [-0.3, -0.25) is 0 Å². The first-order valence-corrected chi connectivity index (χ1v) is 4.46. The molecule has 0 saturated carbocycles. The molecular formula is C8H7IN2. The van der Waals surface area contributed by atoms with Crippen LogP contribution >= 0.6 is 22.6 Å². The van der Waals surface area contributed by atoms with Gasteiger partial charge in [-0.05, 0) is 41.6 Å². The molecule has 1 N–H and O–H groups in total. The molecule has 0 spiro atoms. The molecule has 0 amide bonds. The summed E-state index contributed by atoms with van der Waals surface area (Å²) in [5.41, 5.74) is 2.19. The van der Waals surface area contributed by atoms with Crippen LogP contribution in [0.4, 0.5) is 0 Å². The minimum Gasteiger partial charge on any atom is -0.342 e. The summed E-state index contributed by atoms with van der Waals surface area (Å²) in [6.45, 7) is 1.97. The van der Waals surface area contributed by atoms with Crippen molar-refractivity contribution in [3.63, 3.8) is 0 Å². The average molecular weight is 258 g/mol. The number of aromatic amines is 1. The summed E-state index contributed by atoms with van der Waals surface area (Å²) in [4.78, 5) is 7.53. The number of rotatable bonds is 0. The van der Waals surface area contributed by atoms with Crippen molar-refractivity contribution in [3.05, 3.63) is 27.6 Å². The summed E-state index contributed by atoms with van der Waals surface area (Å²) < 4.78 is 1.20. The first-order valence-electron chi connectivity index (χ1n) is 3.38. The van der Waals surface area contributed by atoms with Gasteiger partial charge in [-0.2, -0.15) is 0 Å². The van der Waals surface area contributed by atoms with E-state index < -0.39 is 0 Å². The Morgan fingerprint density at radius 1 is 1.45 bits per heavy atom. The number of benzene rings is 1. The number of nitrogens with one attached hydrogen (secondary N) is 1. The Hall–Kier alpha value is -0.580. The van der Waals surface area contributed by atoms with Crippen LogP contribution in [0.25, 0.3) is 11.0 Å². The van der Waals surface area contributed by atoms with Crippen molar-refractivity contribution < 1.29 is 0 Å². The summed E-state index contributed by atoms with van der Waals surface area (Å²) in [5, 5.41) is 0. The number of nitrogens with zero attached hydrogens (tertiary/aromatic N) is 1. The molecule has 3 heteroatoms. The third-order valence-electron chi connectivity index (χ3n) is 1.58. The summed E-state index contributed by atoms with van der Waals surface area (Å²) in [7, 11) is 0. The average Bonchev–Trinajstić information content (AvgIpc) is 2.31. The van der Waals surface area contributed by atoms with Crippen LogP contribution in [0.3, 0.4) is 0 Å². The molecule has 2 aromatic rings. The first-order chi connectivity index (χ1) is 5.27. The number of H-pyrrole nitrogens is 1. The van der Waals surface area contributed by atoms with E-state index in [4.69, 9.17) is 0 Å². The van der Waals surface area contributed by atoms with Crippen LogP contribution in [0.5, 0.6) is 0 Å². The van der Waals surface area contributed by atoms with Gasteiger partial charge in [0.25, 0.3) is 0 Å². The number of para-hydroxylation sites is 1. The minimum atomic E-state index is 0.976. The zero-order chi connectivity index (χ0) is 7.84. The summed E-state index contributed by atoms with van der Waals surface area (Å²) in [6.07, 6.45) is 0. The molecule has 0 fully saturated rings. The lowest BCUT2D eigenvalue weighted by Crippen LogP contribution is -1.73. The molecule has 1 aromatic heterocycles. The van der Waals surface area contributed by atoms with Crippen LogP contribution in [0, 0.1) is 10.5 Å². The van der Waals surface area contributed by atoms with Crippen molar-refractivity contribution in [1.82, 2.24) is 9.97 Å². The highest BCUT2D eigenvalue weighted by Crippen LogP contribution is 2.17. The lowest BCUT2D eigenvalue weighted by atomic mass is 10.3. The third kappa shape index (κ3) is 1.13. The van der Waals surface area contributed by atoms with Crippen molar-refractivity contribution >= 4 is 33.6 Å². The number of imidazole rings is 1. The quantitative estimate of drug-likeness (QED) is 0.722. The van der Waals surface area contributed by atoms with Gasteiger partial charge in [0.05, 0.1) is 5.52 Å². The molecule has 11 heavy (non-hydrogen) atoms. The van der Waals surface area contributed by atoms with Crippen molar-refractivity contribution in [3.8, 4) is 0 Å². The third-order valence-corrected chi connectivity index (χ3v) is 2.45. The molecule has 0 aliphatic carbocycles. The van der Waals surface area contributed by atoms with Crippen LogP contribution in [0.2, 0.25) is 0 Å². The van der Waals surface area contributed by atoms with Gasteiger partial charge >= 0.3 is 0 Å². The first kappa shape index (κ1) is 7.09. The summed E-state index contributed by atoms with van der Waals surface area (Å²) in [6, 6.07) is 6.13. The standard InChI is InChI=1S/C8H7IN2/c1-5-10-7-4-2-3-6(9)8(7)11-5/h2-4H,1H3,(H,10,11). The fourth-order valence-corrected chi connectivity index (χ4v) is 1.74. The molecule has 0 aliphatic heterocycles. The maximum absolute atomic E-state index is 4.35. The van der Waals surface area contributed by atoms with Crippen LogP contribution in [-0.4, -0.2) is 9.97 Å². The summed E-state index contributed by atoms with van der Waals surface area (Å²) in [5.74, 6) is 0.976. The molecule has 0 bridgehead atoms. The van der Waals surface area contributed by atoms with E-state index in [0.717, 1.165) is 16.9 Å². The zero-order valence-electron chi connectivity index (χ0n) is 6.06. The molecule has 0 unspecified atom stereocenters. The monoisotopic (exact) mass is 258 g/mol. The van der Waals surface area contributed by atoms with E-state index in [1.807, 2.05) is 19.1 Å². The fourth-order valence-electron chi connectivity index (χ4n) is 1.12. The van der Waals surface area contributed by atoms with Crippen molar-refractivity contribution in [2.75, 3.05) is 0 Å². The molecule has 0 atom stereocenters. The minimum absolute atomic E-state index is 0.976. The lowest BCUT2D eigenvalue weighted by molar-refractivity contribution is 1.17. The maximum Gasteiger partial charge on any atom is 0.104 e. The molecule has 0 radical (unpaired) electrons. The molecule has 1 aromatic carbocycles. The van der Waals surface area contributed by atoms with Crippen molar-refractivity contribution in [1.29, 1.82) is 0 Å². The predicted molar refractivity (Wildman–Crippen MR) is 53.5 cm³/mol. The second-order valence-corrected chi connectivity index (χ2v) is 3.62. The normalized spacial score (nSPS) is 10.7. The number of halogens is 1. The van der Waals surface area contributed by atoms with E-state index >= 15 is 0 Å². The molecule has 56 valence electrons. The number of hydrogen-bond acceptors (Lipinski definition) is 1. The van der Waals surface area contributed by atoms with Gasteiger partial charge in [-0.25, -0.2) is 4.98 Å². The summed E-state index contributed by atoms with van der Waals surface area (Å²) >= 11 is 2.29. The van der Waals surface area contributed by atoms with Gasteiger partial charge in [0.2, 0.25) is 0 Å². The number of fused-ring (bicyclic) bond motifs is 1. The van der Waals surface area contributed by atoms with Gasteiger partial charge in [0, 0.05) is 3.57 Å². The zero-order valence-corrected chi connectivity index (χ0v) is 8.21. The Morgan fingerprint density at radius 2 is 2.27 bits per heavy atom. The van der Waals surface area contributed by atoms with Gasteiger partial charge in [-0.15, -0.1) is 0 Å². The molecule has 2 nitrogen and oxygen atoms in total. The van der Waals surface area contributed by atoms with Crippen LogP contribution in [-0.2, 0) is 0 Å². The maximum atomic E-state index is 4.35. The highest BCUT2D eigenvalue weighted by atomic mass is 127. The van der Waals surface area contributed by atoms with E-state index in [9.17, 15) is 0 Å². The van der Waals surface area contributed by atoms with E-state index in [0.29, 0.717) is 0 Å². The number of hydrogen-bond donors (Lipinski definition) is 1. The fraction of sp³-hybridized carbons (Fsp3) is 0.125.